The third-order valence-corrected chi connectivity index (χ3v) is 3.70. The number of anilines is 1. The maximum atomic E-state index is 12.2. The van der Waals surface area contributed by atoms with E-state index in [-0.39, 0.29) is 42.5 Å². The van der Waals surface area contributed by atoms with Crippen molar-refractivity contribution in [1.29, 1.82) is 0 Å². The van der Waals surface area contributed by atoms with E-state index in [1.54, 1.807) is 7.11 Å². The van der Waals surface area contributed by atoms with E-state index in [0.717, 1.165) is 17.0 Å². The highest BCUT2D eigenvalue weighted by Gasteiger charge is 2.20. The molecule has 0 aliphatic carbocycles. The van der Waals surface area contributed by atoms with Crippen molar-refractivity contribution in [2.24, 2.45) is 10.7 Å². The lowest BCUT2D eigenvalue weighted by molar-refractivity contribution is 0.0505. The number of halogens is 1. The molecule has 0 aromatic heterocycles. The van der Waals surface area contributed by atoms with Crippen LogP contribution in [0.4, 0.5) is 10.5 Å². The molecule has 0 bridgehead atoms. The van der Waals surface area contributed by atoms with Crippen molar-refractivity contribution in [2.75, 3.05) is 19.0 Å². The Kier molecular flexibility index (Phi) is 9.73. The molecule has 0 aliphatic rings. The molecule has 29 heavy (non-hydrogen) atoms. The highest BCUT2D eigenvalue weighted by atomic mass is 127. The average molecular weight is 512 g/mol. The minimum atomic E-state index is -0.580. The first kappa shape index (κ1) is 24.5. The highest BCUT2D eigenvalue weighted by Crippen LogP contribution is 2.16. The number of carbonyl (C=O) groups excluding carboxylic acids is 1. The molecule has 0 spiro atoms. The maximum absolute atomic E-state index is 12.2. The lowest BCUT2D eigenvalue weighted by Gasteiger charge is -2.23. The topological polar surface area (TPSA) is 98.0 Å². The Bertz CT molecular complexity index is 790. The van der Waals surface area contributed by atoms with E-state index in [0.29, 0.717) is 0 Å². The van der Waals surface area contributed by atoms with Gasteiger partial charge in [-0.15, -0.1) is 24.0 Å². The smallest absolute Gasteiger partial charge is 0.408 e. The molecule has 0 radical (unpaired) electrons. The Morgan fingerprint density at radius 3 is 2.28 bits per heavy atom. The lowest BCUT2D eigenvalue weighted by Crippen LogP contribution is -2.36. The van der Waals surface area contributed by atoms with E-state index in [2.05, 4.69) is 15.6 Å². The molecule has 1 atom stereocenters. The van der Waals surface area contributed by atoms with Crippen LogP contribution in [0.5, 0.6) is 5.75 Å². The van der Waals surface area contributed by atoms with Gasteiger partial charge in [0.15, 0.2) is 5.96 Å². The highest BCUT2D eigenvalue weighted by molar-refractivity contribution is 14.0. The van der Waals surface area contributed by atoms with Crippen LogP contribution in [0, 0.1) is 0 Å². The van der Waals surface area contributed by atoms with Gasteiger partial charge in [-0.1, -0.05) is 30.3 Å². The third kappa shape index (κ3) is 9.03. The summed E-state index contributed by atoms with van der Waals surface area (Å²) in [6, 6.07) is 16.5. The van der Waals surface area contributed by atoms with Gasteiger partial charge in [-0.05, 0) is 50.6 Å². The number of nitrogens with zero attached hydrogens (tertiary/aromatic N) is 1. The Labute approximate surface area is 189 Å². The predicted molar refractivity (Wildman–Crippen MR) is 127 cm³/mol. The Hall–Kier alpha value is -2.49. The second kappa shape index (κ2) is 11.5. The van der Waals surface area contributed by atoms with Crippen LogP contribution in [0.3, 0.4) is 0 Å². The molecule has 2 aromatic rings. The second-order valence-electron chi connectivity index (χ2n) is 7.19. The molecule has 2 rings (SSSR count). The van der Waals surface area contributed by atoms with E-state index in [1.807, 2.05) is 75.4 Å². The van der Waals surface area contributed by atoms with Gasteiger partial charge in [-0.25, -0.2) is 4.79 Å². The second-order valence-corrected chi connectivity index (χ2v) is 7.19. The van der Waals surface area contributed by atoms with E-state index in [4.69, 9.17) is 15.2 Å². The monoisotopic (exact) mass is 512 g/mol. The molecule has 0 aliphatic heterocycles. The SMILES string of the molecule is COc1ccc(NC(N)=NCC(NC(=O)OC(C)(C)C)c2ccccc2)cc1.I. The number of carbonyl (C=O) groups is 1. The first-order valence-corrected chi connectivity index (χ1v) is 9.02. The van der Waals surface area contributed by atoms with Crippen LogP contribution >= 0.6 is 24.0 Å². The number of amides is 1. The van der Waals surface area contributed by atoms with Crippen LogP contribution in [0.15, 0.2) is 59.6 Å². The fraction of sp³-hybridized carbons (Fsp3) is 0.333. The predicted octanol–water partition coefficient (Wildman–Crippen LogP) is 4.31. The molecule has 0 heterocycles. The van der Waals surface area contributed by atoms with Gasteiger partial charge in [0.05, 0.1) is 19.7 Å². The summed E-state index contributed by atoms with van der Waals surface area (Å²) in [6.45, 7) is 5.72. The Morgan fingerprint density at radius 2 is 1.72 bits per heavy atom. The lowest BCUT2D eigenvalue weighted by atomic mass is 10.1. The molecule has 7 nitrogen and oxygen atoms in total. The number of rotatable bonds is 6. The number of alkyl carbamates (subject to hydrolysis) is 1. The van der Waals surface area contributed by atoms with Crippen LogP contribution in [0.2, 0.25) is 0 Å². The number of nitrogens with two attached hydrogens (primary N) is 1. The summed E-state index contributed by atoms with van der Waals surface area (Å²) in [5.74, 6) is 1.00. The van der Waals surface area contributed by atoms with Gasteiger partial charge in [-0.3, -0.25) is 4.99 Å². The van der Waals surface area contributed by atoms with Crippen molar-refractivity contribution in [3.8, 4) is 5.75 Å². The number of ether oxygens (including phenoxy) is 2. The zero-order valence-electron chi connectivity index (χ0n) is 17.1. The number of hydrogen-bond donors (Lipinski definition) is 3. The summed E-state index contributed by atoms with van der Waals surface area (Å²) in [4.78, 5) is 16.6. The van der Waals surface area contributed by atoms with Crippen molar-refractivity contribution in [3.05, 3.63) is 60.2 Å². The van der Waals surface area contributed by atoms with Crippen molar-refractivity contribution < 1.29 is 14.3 Å². The summed E-state index contributed by atoms with van der Waals surface area (Å²) in [5, 5.41) is 5.88. The standard InChI is InChI=1S/C21H28N4O3.HI/c1-21(2,3)28-20(26)25-18(15-8-6-5-7-9-15)14-23-19(22)24-16-10-12-17(27-4)13-11-16;/h5-13,18H,14H2,1-4H3,(H,25,26)(H3,22,23,24);1H. The van der Waals surface area contributed by atoms with Crippen LogP contribution < -0.4 is 21.1 Å². The number of hydrogen-bond acceptors (Lipinski definition) is 4. The molecule has 0 saturated heterocycles. The zero-order chi connectivity index (χ0) is 20.6. The molecule has 2 aromatic carbocycles. The largest absolute Gasteiger partial charge is 0.497 e. The van der Waals surface area contributed by atoms with Gasteiger partial charge in [0.25, 0.3) is 0 Å². The molecule has 0 saturated carbocycles. The van der Waals surface area contributed by atoms with Crippen molar-refractivity contribution in [1.82, 2.24) is 5.32 Å². The fourth-order valence-corrected chi connectivity index (χ4v) is 2.42. The van der Waals surface area contributed by atoms with Gasteiger partial charge in [0, 0.05) is 5.69 Å². The van der Waals surface area contributed by atoms with Gasteiger partial charge in [0.1, 0.15) is 11.4 Å². The summed E-state index contributed by atoms with van der Waals surface area (Å²) in [5.41, 5.74) is 7.12. The minimum absolute atomic E-state index is 0. The number of benzene rings is 2. The summed E-state index contributed by atoms with van der Waals surface area (Å²) >= 11 is 0. The number of methoxy groups -OCH3 is 1. The summed E-state index contributed by atoms with van der Waals surface area (Å²) in [6.07, 6.45) is -0.502. The van der Waals surface area contributed by atoms with Gasteiger partial charge < -0.3 is 25.8 Å². The Balaban J connectivity index is 0.00000420. The summed E-state index contributed by atoms with van der Waals surface area (Å²) < 4.78 is 10.5. The Morgan fingerprint density at radius 1 is 1.10 bits per heavy atom. The van der Waals surface area contributed by atoms with Crippen molar-refractivity contribution in [3.63, 3.8) is 0 Å². The number of guanidine groups is 1. The van der Waals surface area contributed by atoms with Gasteiger partial charge >= 0.3 is 6.09 Å². The fourth-order valence-electron chi connectivity index (χ4n) is 2.42. The van der Waals surface area contributed by atoms with E-state index < -0.39 is 11.7 Å². The van der Waals surface area contributed by atoms with Crippen LogP contribution in [-0.4, -0.2) is 31.3 Å². The first-order chi connectivity index (χ1) is 13.3. The molecule has 4 N–H and O–H groups in total. The maximum Gasteiger partial charge on any atom is 0.408 e. The van der Waals surface area contributed by atoms with Gasteiger partial charge in [0.2, 0.25) is 0 Å². The van der Waals surface area contributed by atoms with Crippen LogP contribution in [0.25, 0.3) is 0 Å². The van der Waals surface area contributed by atoms with Crippen molar-refractivity contribution >= 4 is 41.7 Å². The molecule has 158 valence electrons. The van der Waals surface area contributed by atoms with E-state index in [1.165, 1.54) is 0 Å². The van der Waals surface area contributed by atoms with Crippen molar-refractivity contribution in [2.45, 2.75) is 32.4 Å². The zero-order valence-corrected chi connectivity index (χ0v) is 19.5. The van der Waals surface area contributed by atoms with Gasteiger partial charge in [-0.2, -0.15) is 0 Å². The summed E-state index contributed by atoms with van der Waals surface area (Å²) in [7, 11) is 1.61. The number of nitrogens with one attached hydrogen (secondary N) is 2. The third-order valence-electron chi connectivity index (χ3n) is 3.70. The number of aliphatic imine (C=N–C) groups is 1. The van der Waals surface area contributed by atoms with Crippen LogP contribution in [0.1, 0.15) is 32.4 Å². The minimum Gasteiger partial charge on any atom is -0.497 e. The molecule has 0 fully saturated rings. The first-order valence-electron chi connectivity index (χ1n) is 9.02. The van der Waals surface area contributed by atoms with E-state index >= 15 is 0 Å². The molecule has 8 heteroatoms. The molecular weight excluding hydrogens is 483 g/mol. The van der Waals surface area contributed by atoms with E-state index in [9.17, 15) is 4.79 Å². The average Bonchev–Trinajstić information content (AvgIpc) is 2.65. The van der Waals surface area contributed by atoms with Crippen LogP contribution in [-0.2, 0) is 4.74 Å². The molecule has 1 unspecified atom stereocenters. The molecular formula is C21H29IN4O3. The normalized spacial score (nSPS) is 12.3. The quantitative estimate of drug-likeness (QED) is 0.305. The molecule has 1 amide bonds.